The van der Waals surface area contributed by atoms with Crippen LogP contribution in [0.4, 0.5) is 17.1 Å². The lowest BCUT2D eigenvalue weighted by Crippen LogP contribution is -2.27. The molecule has 2 aliphatic rings. The van der Waals surface area contributed by atoms with Crippen LogP contribution in [0.2, 0.25) is 0 Å². The summed E-state index contributed by atoms with van der Waals surface area (Å²) in [5.74, 6) is 0. The van der Waals surface area contributed by atoms with E-state index in [-0.39, 0.29) is 10.8 Å². The van der Waals surface area contributed by atoms with Gasteiger partial charge in [0.25, 0.3) is 0 Å². The third-order valence-electron chi connectivity index (χ3n) is 14.8. The van der Waals surface area contributed by atoms with Crippen molar-refractivity contribution in [2.45, 2.75) is 57.8 Å². The normalized spacial score (nSPS) is 13.3. The van der Waals surface area contributed by atoms with Crippen molar-refractivity contribution >= 4 is 27.8 Å². The van der Waals surface area contributed by atoms with Gasteiger partial charge in [-0.15, -0.1) is 0 Å². The van der Waals surface area contributed by atoms with Crippen molar-refractivity contribution in [2.75, 3.05) is 4.90 Å². The number of nitrogens with zero attached hydrogens (tertiary/aromatic N) is 1. The second-order valence-electron chi connectivity index (χ2n) is 21.0. The largest absolute Gasteiger partial charge is 0.310 e. The van der Waals surface area contributed by atoms with Crippen LogP contribution in [0.1, 0.15) is 74.9 Å². The topological polar surface area (TPSA) is 3.24 Å². The summed E-state index contributed by atoms with van der Waals surface area (Å²) in [5, 5.41) is 2.51. The summed E-state index contributed by atoms with van der Waals surface area (Å²) in [6.45, 7) is 14.1. The van der Waals surface area contributed by atoms with Gasteiger partial charge in [0.2, 0.25) is 0 Å². The minimum atomic E-state index is -0.560. The van der Waals surface area contributed by atoms with Gasteiger partial charge in [-0.25, -0.2) is 0 Å². The summed E-state index contributed by atoms with van der Waals surface area (Å²) in [6, 6.07) is 84.4. The van der Waals surface area contributed by atoms with Crippen LogP contribution in [-0.4, -0.2) is 0 Å². The molecular weight excluding hydrogens is 819 g/mol. The Balaban J connectivity index is 1.12. The zero-order valence-corrected chi connectivity index (χ0v) is 39.8. The van der Waals surface area contributed by atoms with Gasteiger partial charge in [0.05, 0.1) is 5.41 Å². The fourth-order valence-electron chi connectivity index (χ4n) is 11.2. The van der Waals surface area contributed by atoms with Crippen LogP contribution >= 0.6 is 0 Å². The predicted octanol–water partition coefficient (Wildman–Crippen LogP) is 18.2. The molecule has 1 heteroatoms. The molecule has 68 heavy (non-hydrogen) atoms. The first-order chi connectivity index (χ1) is 32.9. The lowest BCUT2D eigenvalue weighted by molar-refractivity contribution is 0.586. The van der Waals surface area contributed by atoms with E-state index < -0.39 is 5.41 Å². The van der Waals surface area contributed by atoms with E-state index >= 15 is 0 Å². The number of hydrogen-bond acceptors (Lipinski definition) is 1. The monoisotopic (exact) mass is 873 g/mol. The summed E-state index contributed by atoms with van der Waals surface area (Å²) in [4.78, 5) is 2.45. The Morgan fingerprint density at radius 2 is 0.691 bits per heavy atom. The van der Waals surface area contributed by atoms with E-state index in [1.807, 2.05) is 0 Å². The molecular formula is C67H55N. The van der Waals surface area contributed by atoms with Gasteiger partial charge in [0.15, 0.2) is 0 Å². The molecule has 0 amide bonds. The third kappa shape index (κ3) is 6.75. The van der Waals surface area contributed by atoms with E-state index in [1.165, 1.54) is 99.8 Å². The molecule has 0 atom stereocenters. The summed E-state index contributed by atoms with van der Waals surface area (Å²) in [7, 11) is 0. The minimum absolute atomic E-state index is 0.0394. The van der Waals surface area contributed by atoms with Crippen LogP contribution in [0.15, 0.2) is 224 Å². The molecule has 10 aromatic carbocycles. The summed E-state index contributed by atoms with van der Waals surface area (Å²) in [6.07, 6.45) is 0. The lowest BCUT2D eigenvalue weighted by atomic mass is 9.68. The first kappa shape index (κ1) is 41.7. The number of hydrogen-bond donors (Lipinski definition) is 0. The summed E-state index contributed by atoms with van der Waals surface area (Å²) < 4.78 is 0. The first-order valence-corrected chi connectivity index (χ1v) is 24.2. The molecule has 0 bridgehead atoms. The smallest absolute Gasteiger partial charge is 0.0726 e. The number of rotatable bonds is 6. The van der Waals surface area contributed by atoms with Crippen LogP contribution < -0.4 is 4.90 Å². The molecule has 0 radical (unpaired) electrons. The highest BCUT2D eigenvalue weighted by Crippen LogP contribution is 2.64. The number of anilines is 3. The predicted molar refractivity (Wildman–Crippen MR) is 289 cm³/mol. The quantitative estimate of drug-likeness (QED) is 0.161. The highest BCUT2D eigenvalue weighted by Gasteiger charge is 2.52. The Hall–Kier alpha value is -7.74. The van der Waals surface area contributed by atoms with Gasteiger partial charge >= 0.3 is 0 Å². The second-order valence-corrected chi connectivity index (χ2v) is 21.0. The molecule has 0 saturated heterocycles. The SMILES string of the molecule is CC(C)(C)c1ccc2c(c1)C1(c3ccc(-c4ccc5ccccc5c4)cc3-c3ccc(N(c4ccc(-c5ccccc5)cc4)c4ccc(-c5ccccc5)cc4)cc31)c1cc(C(C)(C)C)ccc1-2. The van der Waals surface area contributed by atoms with Crippen molar-refractivity contribution in [1.82, 2.24) is 0 Å². The Labute approximate surface area is 402 Å². The lowest BCUT2D eigenvalue weighted by Gasteiger charge is -2.34. The molecule has 0 unspecified atom stereocenters. The fourth-order valence-corrected chi connectivity index (χ4v) is 11.2. The number of fused-ring (bicyclic) bond motifs is 11. The van der Waals surface area contributed by atoms with E-state index in [9.17, 15) is 0 Å². The van der Waals surface area contributed by atoms with Gasteiger partial charge in [-0.3, -0.25) is 0 Å². The molecule has 10 aromatic rings. The molecule has 0 N–H and O–H groups in total. The molecule has 0 saturated carbocycles. The third-order valence-corrected chi connectivity index (χ3v) is 14.8. The molecule has 1 nitrogen and oxygen atoms in total. The van der Waals surface area contributed by atoms with E-state index in [4.69, 9.17) is 0 Å². The second kappa shape index (κ2) is 15.7. The highest BCUT2D eigenvalue weighted by atomic mass is 15.1. The molecule has 0 aromatic heterocycles. The maximum atomic E-state index is 2.55. The molecule has 0 aliphatic heterocycles. The molecule has 0 fully saturated rings. The Morgan fingerprint density at radius 3 is 1.24 bits per heavy atom. The zero-order valence-electron chi connectivity index (χ0n) is 39.8. The van der Waals surface area contributed by atoms with Gasteiger partial charge in [0.1, 0.15) is 0 Å². The molecule has 12 rings (SSSR count). The van der Waals surface area contributed by atoms with Crippen LogP contribution in [0.3, 0.4) is 0 Å². The van der Waals surface area contributed by atoms with Gasteiger partial charge < -0.3 is 4.90 Å². The van der Waals surface area contributed by atoms with Crippen molar-refractivity contribution in [3.63, 3.8) is 0 Å². The molecule has 0 heterocycles. The minimum Gasteiger partial charge on any atom is -0.310 e. The van der Waals surface area contributed by atoms with Gasteiger partial charge in [-0.1, -0.05) is 217 Å². The van der Waals surface area contributed by atoms with Crippen LogP contribution in [-0.2, 0) is 16.2 Å². The highest BCUT2D eigenvalue weighted by molar-refractivity contribution is 5.98. The maximum absolute atomic E-state index is 2.55. The summed E-state index contributed by atoms with van der Waals surface area (Å²) >= 11 is 0. The molecule has 328 valence electrons. The maximum Gasteiger partial charge on any atom is 0.0726 e. The average molecular weight is 874 g/mol. The van der Waals surface area contributed by atoms with Crippen molar-refractivity contribution in [3.05, 3.63) is 258 Å². The fraction of sp³-hybridized carbons (Fsp3) is 0.134. The van der Waals surface area contributed by atoms with Gasteiger partial charge in [0, 0.05) is 17.1 Å². The summed E-state index contributed by atoms with van der Waals surface area (Å²) in [5.41, 5.74) is 23.3. The van der Waals surface area contributed by atoms with E-state index in [0.29, 0.717) is 0 Å². The Kier molecular flexibility index (Phi) is 9.61. The van der Waals surface area contributed by atoms with Crippen molar-refractivity contribution in [3.8, 4) is 55.6 Å². The Bertz CT molecular complexity index is 3400. The molecule has 1 spiro atoms. The standard InChI is InChI=1S/C67H55N/c1-65(2,3)52-28-35-57-58-36-29-53(66(4,5)6)42-63(58)67(62(57)41-52)61-38-27-51(50-22-21-46-19-13-14-20-49(46)39-50)40-60(61)59-37-34-56(43-64(59)67)68(54-30-23-47(24-31-54)44-15-9-7-10-16-44)55-32-25-48(26-33-55)45-17-11-8-12-18-45/h7-43H,1-6H3. The van der Waals surface area contributed by atoms with E-state index in [2.05, 4.69) is 271 Å². The molecule has 2 aliphatic carbocycles. The van der Waals surface area contributed by atoms with Crippen molar-refractivity contribution < 1.29 is 0 Å². The van der Waals surface area contributed by atoms with E-state index in [1.54, 1.807) is 0 Å². The van der Waals surface area contributed by atoms with Gasteiger partial charge in [-0.2, -0.15) is 0 Å². The Morgan fingerprint density at radius 1 is 0.279 bits per heavy atom. The van der Waals surface area contributed by atoms with Crippen molar-refractivity contribution in [2.24, 2.45) is 0 Å². The van der Waals surface area contributed by atoms with Crippen molar-refractivity contribution in [1.29, 1.82) is 0 Å². The van der Waals surface area contributed by atoms with Crippen LogP contribution in [0.5, 0.6) is 0 Å². The van der Waals surface area contributed by atoms with Gasteiger partial charge in [-0.05, 0) is 159 Å². The average Bonchev–Trinajstić information content (AvgIpc) is 3.82. The van der Waals surface area contributed by atoms with Crippen LogP contribution in [0, 0.1) is 0 Å². The van der Waals surface area contributed by atoms with E-state index in [0.717, 1.165) is 17.1 Å². The number of benzene rings is 10. The van der Waals surface area contributed by atoms with Crippen LogP contribution in [0.25, 0.3) is 66.4 Å². The zero-order chi connectivity index (χ0) is 46.4. The first-order valence-electron chi connectivity index (χ1n) is 24.2.